The van der Waals surface area contributed by atoms with Crippen molar-refractivity contribution in [2.24, 2.45) is 5.41 Å². The third-order valence-corrected chi connectivity index (χ3v) is 2.59. The molecule has 0 fully saturated rings. The lowest BCUT2D eigenvalue weighted by Gasteiger charge is -2.16. The molecule has 3 heteroatoms. The van der Waals surface area contributed by atoms with Crippen molar-refractivity contribution in [3.05, 3.63) is 16.1 Å². The lowest BCUT2D eigenvalue weighted by Crippen LogP contribution is -2.14. The molecule has 0 atom stereocenters. The summed E-state index contributed by atoms with van der Waals surface area (Å²) >= 11 is 1.60. The summed E-state index contributed by atoms with van der Waals surface area (Å²) in [4.78, 5) is 15.9. The van der Waals surface area contributed by atoms with Gasteiger partial charge in [-0.3, -0.25) is 4.79 Å². The molecule has 0 aliphatic rings. The van der Waals surface area contributed by atoms with Crippen LogP contribution in [0.15, 0.2) is 5.38 Å². The van der Waals surface area contributed by atoms with E-state index in [4.69, 9.17) is 0 Å². The van der Waals surface area contributed by atoms with Gasteiger partial charge in [0, 0.05) is 18.2 Å². The van der Waals surface area contributed by atoms with Gasteiger partial charge in [-0.2, -0.15) is 0 Å². The maximum absolute atomic E-state index is 11.6. The average molecular weight is 211 g/mol. The van der Waals surface area contributed by atoms with E-state index in [0.717, 1.165) is 10.7 Å². The number of thiazole rings is 1. The van der Waals surface area contributed by atoms with Crippen LogP contribution in [0.3, 0.4) is 0 Å². The Kier molecular flexibility index (Phi) is 3.43. The molecule has 0 unspecified atom stereocenters. The molecule has 1 rings (SSSR count). The molecule has 0 amide bonds. The molecule has 1 aromatic rings. The fourth-order valence-electron chi connectivity index (χ4n) is 1.35. The Morgan fingerprint density at radius 1 is 1.50 bits per heavy atom. The van der Waals surface area contributed by atoms with E-state index in [1.165, 1.54) is 0 Å². The second-order valence-electron chi connectivity index (χ2n) is 4.81. The number of rotatable bonds is 3. The van der Waals surface area contributed by atoms with Crippen molar-refractivity contribution in [2.45, 2.75) is 40.5 Å². The molecule has 1 heterocycles. The van der Waals surface area contributed by atoms with Gasteiger partial charge in [0.1, 0.15) is 5.78 Å². The molecular weight excluding hydrogens is 194 g/mol. The van der Waals surface area contributed by atoms with Gasteiger partial charge in [-0.15, -0.1) is 11.3 Å². The molecule has 1 aromatic heterocycles. The maximum Gasteiger partial charge on any atom is 0.139 e. The summed E-state index contributed by atoms with van der Waals surface area (Å²) in [6.07, 6.45) is 1.12. The minimum atomic E-state index is 0.0855. The number of ketones is 1. The lowest BCUT2D eigenvalue weighted by atomic mass is 9.89. The fraction of sp³-hybridized carbons (Fsp3) is 0.636. The van der Waals surface area contributed by atoms with Crippen LogP contribution in [0.1, 0.15) is 37.9 Å². The second-order valence-corrected chi connectivity index (χ2v) is 5.87. The van der Waals surface area contributed by atoms with Gasteiger partial charge in [0.2, 0.25) is 0 Å². The molecule has 14 heavy (non-hydrogen) atoms. The monoisotopic (exact) mass is 211 g/mol. The molecule has 0 saturated heterocycles. The predicted molar refractivity (Wildman–Crippen MR) is 59.6 cm³/mol. The van der Waals surface area contributed by atoms with Crippen molar-refractivity contribution in [2.75, 3.05) is 0 Å². The first-order chi connectivity index (χ1) is 6.37. The number of nitrogens with zero attached hydrogens (tertiary/aromatic N) is 1. The summed E-state index contributed by atoms with van der Waals surface area (Å²) in [5.74, 6) is 0.280. The Labute approximate surface area is 89.4 Å². The summed E-state index contributed by atoms with van der Waals surface area (Å²) in [7, 11) is 0. The summed E-state index contributed by atoms with van der Waals surface area (Å²) in [6.45, 7) is 8.20. The van der Waals surface area contributed by atoms with Crippen LogP contribution < -0.4 is 0 Å². The smallest absolute Gasteiger partial charge is 0.139 e. The number of carbonyl (C=O) groups excluding carboxylic acids is 1. The molecular formula is C11H17NOS. The van der Waals surface area contributed by atoms with Gasteiger partial charge in [0.15, 0.2) is 0 Å². The Balaban J connectivity index is 2.50. The van der Waals surface area contributed by atoms with E-state index in [2.05, 4.69) is 25.8 Å². The summed E-state index contributed by atoms with van der Waals surface area (Å²) in [5.41, 5.74) is 1.00. The standard InChI is InChI=1S/C11H17NOS/c1-8-12-9(7-14-8)5-10(13)6-11(2,3)4/h7H,5-6H2,1-4H3. The van der Waals surface area contributed by atoms with Gasteiger partial charge in [-0.1, -0.05) is 20.8 Å². The average Bonchev–Trinajstić information content (AvgIpc) is 2.30. The van der Waals surface area contributed by atoms with Crippen molar-refractivity contribution >= 4 is 17.1 Å². The van der Waals surface area contributed by atoms with Gasteiger partial charge in [0.05, 0.1) is 10.7 Å². The number of hydrogen-bond acceptors (Lipinski definition) is 3. The minimum Gasteiger partial charge on any atom is -0.299 e. The zero-order valence-corrected chi connectivity index (χ0v) is 10.1. The van der Waals surface area contributed by atoms with Crippen molar-refractivity contribution in [3.63, 3.8) is 0 Å². The normalized spacial score (nSPS) is 11.7. The number of hydrogen-bond donors (Lipinski definition) is 0. The van der Waals surface area contributed by atoms with E-state index in [9.17, 15) is 4.79 Å². The summed E-state index contributed by atoms with van der Waals surface area (Å²) in [5, 5.41) is 3.00. The first-order valence-electron chi connectivity index (χ1n) is 4.79. The molecule has 0 radical (unpaired) electrons. The maximum atomic E-state index is 11.6. The Morgan fingerprint density at radius 2 is 2.14 bits per heavy atom. The Hall–Kier alpha value is -0.700. The highest BCUT2D eigenvalue weighted by molar-refractivity contribution is 7.09. The van der Waals surface area contributed by atoms with Crippen molar-refractivity contribution in [1.29, 1.82) is 0 Å². The van der Waals surface area contributed by atoms with Gasteiger partial charge in [0.25, 0.3) is 0 Å². The Bertz CT molecular complexity index is 322. The lowest BCUT2D eigenvalue weighted by molar-refractivity contribution is -0.120. The molecule has 0 aliphatic heterocycles. The van der Waals surface area contributed by atoms with Crippen LogP contribution in [0, 0.1) is 12.3 Å². The number of carbonyl (C=O) groups is 1. The SMILES string of the molecule is Cc1nc(CC(=O)CC(C)(C)C)cs1. The van der Waals surface area contributed by atoms with Crippen LogP contribution in [-0.2, 0) is 11.2 Å². The number of aryl methyl sites for hydroxylation is 1. The minimum absolute atomic E-state index is 0.0855. The topological polar surface area (TPSA) is 30.0 Å². The zero-order chi connectivity index (χ0) is 10.8. The van der Waals surface area contributed by atoms with E-state index in [-0.39, 0.29) is 11.2 Å². The fourth-order valence-corrected chi connectivity index (χ4v) is 1.96. The van der Waals surface area contributed by atoms with Crippen LogP contribution >= 0.6 is 11.3 Å². The molecule has 0 saturated carbocycles. The van der Waals surface area contributed by atoms with Gasteiger partial charge in [-0.05, 0) is 12.3 Å². The molecule has 2 nitrogen and oxygen atoms in total. The first-order valence-corrected chi connectivity index (χ1v) is 5.67. The van der Waals surface area contributed by atoms with Crippen LogP contribution in [0.4, 0.5) is 0 Å². The van der Waals surface area contributed by atoms with Gasteiger partial charge in [-0.25, -0.2) is 4.98 Å². The second kappa shape index (κ2) is 4.22. The molecule has 0 N–H and O–H groups in total. The highest BCUT2D eigenvalue weighted by Crippen LogP contribution is 2.20. The third-order valence-electron chi connectivity index (χ3n) is 1.77. The molecule has 0 spiro atoms. The van der Waals surface area contributed by atoms with Crippen LogP contribution in [-0.4, -0.2) is 10.8 Å². The Morgan fingerprint density at radius 3 is 2.57 bits per heavy atom. The van der Waals surface area contributed by atoms with Crippen LogP contribution in [0.5, 0.6) is 0 Å². The largest absolute Gasteiger partial charge is 0.299 e. The van der Waals surface area contributed by atoms with E-state index < -0.39 is 0 Å². The van der Waals surface area contributed by atoms with Crippen molar-refractivity contribution < 1.29 is 4.79 Å². The summed E-state index contributed by atoms with van der Waals surface area (Å²) < 4.78 is 0. The zero-order valence-electron chi connectivity index (χ0n) is 9.26. The highest BCUT2D eigenvalue weighted by Gasteiger charge is 2.16. The predicted octanol–water partition coefficient (Wildman–Crippen LogP) is 3.00. The highest BCUT2D eigenvalue weighted by atomic mass is 32.1. The van der Waals surface area contributed by atoms with Crippen LogP contribution in [0.25, 0.3) is 0 Å². The van der Waals surface area contributed by atoms with E-state index in [1.54, 1.807) is 11.3 Å². The van der Waals surface area contributed by atoms with Gasteiger partial charge >= 0.3 is 0 Å². The summed E-state index contributed by atoms with van der Waals surface area (Å²) in [6, 6.07) is 0. The van der Waals surface area contributed by atoms with E-state index in [1.807, 2.05) is 12.3 Å². The molecule has 0 bridgehead atoms. The first kappa shape index (κ1) is 11.4. The third kappa shape index (κ3) is 4.01. The number of Topliss-reactive ketones (excluding diaryl/α,β-unsaturated/α-hetero) is 1. The molecule has 0 aromatic carbocycles. The van der Waals surface area contributed by atoms with Crippen molar-refractivity contribution in [1.82, 2.24) is 4.98 Å². The van der Waals surface area contributed by atoms with E-state index in [0.29, 0.717) is 12.8 Å². The van der Waals surface area contributed by atoms with Crippen LogP contribution in [0.2, 0.25) is 0 Å². The van der Waals surface area contributed by atoms with E-state index >= 15 is 0 Å². The molecule has 0 aliphatic carbocycles. The number of aromatic nitrogens is 1. The van der Waals surface area contributed by atoms with Crippen molar-refractivity contribution in [3.8, 4) is 0 Å². The quantitative estimate of drug-likeness (QED) is 0.769. The molecule has 78 valence electrons. The van der Waals surface area contributed by atoms with Gasteiger partial charge < -0.3 is 0 Å².